The average Bonchev–Trinajstić information content (AvgIpc) is 3.08. The molecule has 0 radical (unpaired) electrons. The molecule has 110 valence electrons. The van der Waals surface area contributed by atoms with Gasteiger partial charge in [-0.15, -0.1) is 0 Å². The van der Waals surface area contributed by atoms with E-state index in [1.807, 2.05) is 4.90 Å². The van der Waals surface area contributed by atoms with Gasteiger partial charge in [-0.05, 0) is 18.9 Å². The number of H-pyrrole nitrogens is 1. The Morgan fingerprint density at radius 1 is 1.43 bits per heavy atom. The van der Waals surface area contributed by atoms with E-state index in [2.05, 4.69) is 20.2 Å². The number of ether oxygens (including phenoxy) is 1. The highest BCUT2D eigenvalue weighted by molar-refractivity contribution is 5.92. The minimum Gasteiger partial charge on any atom is -0.377 e. The first-order valence-electron chi connectivity index (χ1n) is 6.97. The predicted octanol–water partition coefficient (Wildman–Crippen LogP) is 0.673. The van der Waals surface area contributed by atoms with Crippen molar-refractivity contribution in [3.05, 3.63) is 42.2 Å². The molecule has 1 N–H and O–H groups in total. The van der Waals surface area contributed by atoms with Crippen molar-refractivity contribution in [2.45, 2.75) is 18.9 Å². The Kier molecular flexibility index (Phi) is 4.20. The number of carbonyl (C=O) groups is 1. The summed E-state index contributed by atoms with van der Waals surface area (Å²) in [5.74, 6) is -0.0278. The molecule has 1 unspecified atom stereocenters. The number of carbonyl (C=O) groups excluding carboxylic acids is 1. The normalized spacial score (nSPS) is 18.7. The van der Waals surface area contributed by atoms with E-state index in [1.54, 1.807) is 30.9 Å². The molecule has 3 rings (SSSR count). The second-order valence-electron chi connectivity index (χ2n) is 4.93. The van der Waals surface area contributed by atoms with Crippen molar-refractivity contribution in [2.24, 2.45) is 0 Å². The number of amides is 1. The number of aryl methyl sites for hydroxylation is 1. The summed E-state index contributed by atoms with van der Waals surface area (Å²) < 4.78 is 5.51. The Balaban J connectivity index is 1.65. The van der Waals surface area contributed by atoms with Gasteiger partial charge in [0.2, 0.25) is 0 Å². The van der Waals surface area contributed by atoms with Crippen LogP contribution in [-0.2, 0) is 11.2 Å². The molecule has 1 aliphatic heterocycles. The lowest BCUT2D eigenvalue weighted by Gasteiger charge is -2.35. The molecule has 0 aromatic carbocycles. The lowest BCUT2D eigenvalue weighted by molar-refractivity contribution is -0.00443. The first kappa shape index (κ1) is 13.7. The summed E-state index contributed by atoms with van der Waals surface area (Å²) in [7, 11) is 0. The summed E-state index contributed by atoms with van der Waals surface area (Å²) in [6, 6.07) is 1.74. The van der Waals surface area contributed by atoms with Gasteiger partial charge in [0.15, 0.2) is 0 Å². The summed E-state index contributed by atoms with van der Waals surface area (Å²) in [4.78, 5) is 22.6. The lowest BCUT2D eigenvalue weighted by atomic mass is 10.1. The second kappa shape index (κ2) is 6.45. The van der Waals surface area contributed by atoms with Gasteiger partial charge in [-0.1, -0.05) is 0 Å². The highest BCUT2D eigenvalue weighted by atomic mass is 16.5. The van der Waals surface area contributed by atoms with Gasteiger partial charge >= 0.3 is 0 Å². The third-order valence-corrected chi connectivity index (χ3v) is 3.57. The van der Waals surface area contributed by atoms with Crippen LogP contribution in [-0.4, -0.2) is 56.8 Å². The molecule has 1 aliphatic rings. The molecule has 0 bridgehead atoms. The largest absolute Gasteiger partial charge is 0.377 e. The molecule has 2 aromatic rings. The monoisotopic (exact) mass is 287 g/mol. The Labute approximate surface area is 122 Å². The number of nitrogens with zero attached hydrogens (tertiary/aromatic N) is 4. The molecule has 1 fully saturated rings. The lowest BCUT2D eigenvalue weighted by Crippen LogP contribution is -2.49. The summed E-state index contributed by atoms with van der Waals surface area (Å²) in [6.07, 6.45) is 8.25. The highest BCUT2D eigenvalue weighted by Gasteiger charge is 2.28. The summed E-state index contributed by atoms with van der Waals surface area (Å²) in [5, 5.41) is 6.56. The van der Waals surface area contributed by atoms with Gasteiger partial charge in [-0.2, -0.15) is 5.10 Å². The fourth-order valence-electron chi connectivity index (χ4n) is 2.46. The standard InChI is InChI=1S/C14H17N5O2/c20-14(13-3-4-17-18-13)19-7-8-21-10-12(19)2-1-11-9-15-5-6-16-11/h3-6,9,12H,1-2,7-8,10H2,(H,17,18). The van der Waals surface area contributed by atoms with Crippen molar-refractivity contribution >= 4 is 5.91 Å². The van der Waals surface area contributed by atoms with Crippen LogP contribution in [0.3, 0.4) is 0 Å². The van der Waals surface area contributed by atoms with Gasteiger partial charge in [0, 0.05) is 31.3 Å². The SMILES string of the molecule is O=C(c1ccn[nH]1)N1CCOCC1CCc1cnccn1. The van der Waals surface area contributed by atoms with Crippen LogP contribution in [0.15, 0.2) is 30.9 Å². The molecule has 1 atom stereocenters. The third-order valence-electron chi connectivity index (χ3n) is 3.57. The number of rotatable bonds is 4. The molecule has 1 amide bonds. The van der Waals surface area contributed by atoms with Crippen LogP contribution in [0.1, 0.15) is 22.6 Å². The van der Waals surface area contributed by atoms with Crippen LogP contribution in [0.5, 0.6) is 0 Å². The van der Waals surface area contributed by atoms with Crippen LogP contribution in [0.25, 0.3) is 0 Å². The Hall–Kier alpha value is -2.28. The fourth-order valence-corrected chi connectivity index (χ4v) is 2.46. The first-order chi connectivity index (χ1) is 10.3. The molecule has 1 saturated heterocycles. The van der Waals surface area contributed by atoms with Gasteiger partial charge in [0.05, 0.1) is 24.9 Å². The molecule has 21 heavy (non-hydrogen) atoms. The highest BCUT2D eigenvalue weighted by Crippen LogP contribution is 2.15. The molecule has 7 nitrogen and oxygen atoms in total. The van der Waals surface area contributed by atoms with Crippen molar-refractivity contribution in [2.75, 3.05) is 19.8 Å². The maximum absolute atomic E-state index is 12.5. The minimum atomic E-state index is -0.0278. The summed E-state index contributed by atoms with van der Waals surface area (Å²) in [5.41, 5.74) is 1.44. The Morgan fingerprint density at radius 2 is 2.38 bits per heavy atom. The van der Waals surface area contributed by atoms with Gasteiger partial charge in [-0.25, -0.2) is 0 Å². The number of aromatic nitrogens is 4. The zero-order chi connectivity index (χ0) is 14.5. The van der Waals surface area contributed by atoms with Crippen molar-refractivity contribution < 1.29 is 9.53 Å². The summed E-state index contributed by atoms with van der Waals surface area (Å²) >= 11 is 0. The fraction of sp³-hybridized carbons (Fsp3) is 0.429. The number of aromatic amines is 1. The third kappa shape index (κ3) is 3.25. The van der Waals surface area contributed by atoms with Crippen LogP contribution >= 0.6 is 0 Å². The van der Waals surface area contributed by atoms with Gasteiger partial charge in [-0.3, -0.25) is 19.9 Å². The van der Waals surface area contributed by atoms with Crippen molar-refractivity contribution in [3.63, 3.8) is 0 Å². The number of hydrogen-bond donors (Lipinski definition) is 1. The first-order valence-corrected chi connectivity index (χ1v) is 6.97. The smallest absolute Gasteiger partial charge is 0.272 e. The summed E-state index contributed by atoms with van der Waals surface area (Å²) in [6.45, 7) is 1.73. The number of hydrogen-bond acceptors (Lipinski definition) is 5. The molecule has 3 heterocycles. The molecular weight excluding hydrogens is 270 g/mol. The Bertz CT molecular complexity index is 572. The van der Waals surface area contributed by atoms with Gasteiger partial charge < -0.3 is 9.64 Å². The van der Waals surface area contributed by atoms with E-state index in [1.165, 1.54) is 0 Å². The Morgan fingerprint density at radius 3 is 3.14 bits per heavy atom. The van der Waals surface area contributed by atoms with E-state index < -0.39 is 0 Å². The van der Waals surface area contributed by atoms with Crippen LogP contribution < -0.4 is 0 Å². The predicted molar refractivity (Wildman–Crippen MR) is 74.6 cm³/mol. The van der Waals surface area contributed by atoms with Crippen LogP contribution in [0.4, 0.5) is 0 Å². The number of morpholine rings is 1. The second-order valence-corrected chi connectivity index (χ2v) is 4.93. The van der Waals surface area contributed by atoms with Gasteiger partial charge in [0.1, 0.15) is 5.69 Å². The average molecular weight is 287 g/mol. The molecule has 7 heteroatoms. The van der Waals surface area contributed by atoms with E-state index in [-0.39, 0.29) is 11.9 Å². The van der Waals surface area contributed by atoms with Crippen molar-refractivity contribution in [1.29, 1.82) is 0 Å². The van der Waals surface area contributed by atoms with Crippen molar-refractivity contribution in [1.82, 2.24) is 25.1 Å². The van der Waals surface area contributed by atoms with E-state index in [0.717, 1.165) is 18.5 Å². The van der Waals surface area contributed by atoms with Crippen molar-refractivity contribution in [3.8, 4) is 0 Å². The van der Waals surface area contributed by atoms with E-state index in [9.17, 15) is 4.79 Å². The van der Waals surface area contributed by atoms with Gasteiger partial charge in [0.25, 0.3) is 5.91 Å². The minimum absolute atomic E-state index is 0.0278. The van der Waals surface area contributed by atoms with Crippen LogP contribution in [0.2, 0.25) is 0 Å². The molecule has 0 spiro atoms. The van der Waals surface area contributed by atoms with E-state index in [0.29, 0.717) is 25.5 Å². The molecule has 2 aromatic heterocycles. The van der Waals surface area contributed by atoms with E-state index >= 15 is 0 Å². The quantitative estimate of drug-likeness (QED) is 0.893. The number of nitrogens with one attached hydrogen (secondary N) is 1. The zero-order valence-corrected chi connectivity index (χ0v) is 11.6. The molecular formula is C14H17N5O2. The maximum Gasteiger partial charge on any atom is 0.272 e. The topological polar surface area (TPSA) is 84.0 Å². The maximum atomic E-state index is 12.5. The molecule has 0 saturated carbocycles. The van der Waals surface area contributed by atoms with E-state index in [4.69, 9.17) is 4.74 Å². The molecule has 0 aliphatic carbocycles. The van der Waals surface area contributed by atoms with Crippen LogP contribution in [0, 0.1) is 0 Å². The zero-order valence-electron chi connectivity index (χ0n) is 11.6.